The fraction of sp³-hybridized carbons (Fsp3) is 0.320. The predicted octanol–water partition coefficient (Wildman–Crippen LogP) is 3.74. The van der Waals surface area contributed by atoms with Gasteiger partial charge in [-0.05, 0) is 62.2 Å². The fourth-order valence-electron chi connectivity index (χ4n) is 4.67. The molecule has 11 heteroatoms. The van der Waals surface area contributed by atoms with Crippen LogP contribution in [0.3, 0.4) is 0 Å². The molecule has 0 aliphatic carbocycles. The van der Waals surface area contributed by atoms with E-state index in [9.17, 15) is 18.3 Å². The number of benzene rings is 2. The average Bonchev–Trinajstić information content (AvgIpc) is 3.59. The summed E-state index contributed by atoms with van der Waals surface area (Å²) >= 11 is 0. The van der Waals surface area contributed by atoms with Gasteiger partial charge in [-0.1, -0.05) is 6.07 Å². The Morgan fingerprint density at radius 3 is 2.67 bits per heavy atom. The molecule has 2 aromatic heterocycles. The number of aromatic nitrogens is 3. The number of carboxylic acid groups (broad SMARTS) is 1. The Morgan fingerprint density at radius 2 is 2.00 bits per heavy atom. The first-order valence-corrected chi connectivity index (χ1v) is 13.0. The summed E-state index contributed by atoms with van der Waals surface area (Å²) in [6, 6.07) is 12.0. The fourth-order valence-corrected chi connectivity index (χ4v) is 6.17. The Labute approximate surface area is 208 Å². The molecular formula is C25H26N4O6S. The molecule has 5 rings (SSSR count). The summed E-state index contributed by atoms with van der Waals surface area (Å²) in [6.45, 7) is 4.29. The summed E-state index contributed by atoms with van der Waals surface area (Å²) in [5.74, 6) is -0.0869. The van der Waals surface area contributed by atoms with Crippen LogP contribution in [-0.2, 0) is 21.4 Å². The second kappa shape index (κ2) is 9.40. The zero-order valence-electron chi connectivity index (χ0n) is 19.9. The molecule has 10 nitrogen and oxygen atoms in total. The minimum Gasteiger partial charge on any atom is -0.491 e. The van der Waals surface area contributed by atoms with Crippen LogP contribution in [0.25, 0.3) is 22.4 Å². The molecule has 0 amide bonds. The van der Waals surface area contributed by atoms with E-state index in [2.05, 4.69) is 10.2 Å². The molecule has 1 fully saturated rings. The molecule has 1 aliphatic heterocycles. The van der Waals surface area contributed by atoms with Gasteiger partial charge in [-0.25, -0.2) is 8.42 Å². The largest absolute Gasteiger partial charge is 0.491 e. The van der Waals surface area contributed by atoms with Gasteiger partial charge in [0.25, 0.3) is 0 Å². The van der Waals surface area contributed by atoms with Crippen LogP contribution in [-0.4, -0.2) is 57.8 Å². The van der Waals surface area contributed by atoms with Gasteiger partial charge in [0.2, 0.25) is 22.3 Å². The standard InChI is InChI=1S/C25H26N4O6S/c1-16(2)35-19-4-6-20(7-5-19)36(32,33)29-10-9-18(12-29)22-13-28(14-24(30)31)23-11-17(3-8-21(22)23)25-27-26-15-34-25/h3-8,11,13,15-16,18H,9-10,12,14H2,1-2H3,(H,30,31). The molecular weight excluding hydrogens is 484 g/mol. The summed E-state index contributed by atoms with van der Waals surface area (Å²) in [6.07, 6.45) is 3.68. The third-order valence-corrected chi connectivity index (χ3v) is 8.13. The molecule has 2 aromatic carbocycles. The van der Waals surface area contributed by atoms with Crippen LogP contribution < -0.4 is 4.74 Å². The summed E-state index contributed by atoms with van der Waals surface area (Å²) in [4.78, 5) is 11.7. The normalized spacial score (nSPS) is 16.7. The Balaban J connectivity index is 1.43. The smallest absolute Gasteiger partial charge is 0.323 e. The number of ether oxygens (including phenoxy) is 1. The van der Waals surface area contributed by atoms with E-state index in [1.165, 1.54) is 10.7 Å². The highest BCUT2D eigenvalue weighted by atomic mass is 32.2. The molecule has 1 aliphatic rings. The Bertz CT molecular complexity index is 1490. The molecule has 1 unspecified atom stereocenters. The van der Waals surface area contributed by atoms with Crippen molar-refractivity contribution >= 4 is 26.9 Å². The number of sulfonamides is 1. The quantitative estimate of drug-likeness (QED) is 0.380. The van der Waals surface area contributed by atoms with Crippen molar-refractivity contribution in [3.63, 3.8) is 0 Å². The van der Waals surface area contributed by atoms with Crippen LogP contribution in [0.5, 0.6) is 5.75 Å². The third kappa shape index (κ3) is 4.59. The molecule has 188 valence electrons. The first kappa shape index (κ1) is 24.0. The van der Waals surface area contributed by atoms with Gasteiger partial charge in [0.1, 0.15) is 12.3 Å². The second-order valence-corrected chi connectivity index (χ2v) is 11.0. The number of fused-ring (bicyclic) bond motifs is 1. The van der Waals surface area contributed by atoms with Gasteiger partial charge >= 0.3 is 5.97 Å². The Morgan fingerprint density at radius 1 is 1.22 bits per heavy atom. The lowest BCUT2D eigenvalue weighted by Crippen LogP contribution is -2.28. The lowest BCUT2D eigenvalue weighted by atomic mass is 9.97. The summed E-state index contributed by atoms with van der Waals surface area (Å²) in [7, 11) is -3.68. The molecule has 0 bridgehead atoms. The molecule has 4 aromatic rings. The van der Waals surface area contributed by atoms with E-state index in [-0.39, 0.29) is 23.5 Å². The molecule has 1 saturated heterocycles. The maximum atomic E-state index is 13.3. The van der Waals surface area contributed by atoms with E-state index in [0.717, 1.165) is 10.9 Å². The van der Waals surface area contributed by atoms with Crippen molar-refractivity contribution in [2.75, 3.05) is 13.1 Å². The van der Waals surface area contributed by atoms with Crippen molar-refractivity contribution in [3.05, 3.63) is 60.6 Å². The van der Waals surface area contributed by atoms with Crippen molar-refractivity contribution in [3.8, 4) is 17.2 Å². The molecule has 0 spiro atoms. The number of rotatable bonds is 8. The van der Waals surface area contributed by atoms with Crippen LogP contribution in [0.2, 0.25) is 0 Å². The minimum absolute atomic E-state index is 0.00172. The molecule has 36 heavy (non-hydrogen) atoms. The lowest BCUT2D eigenvalue weighted by molar-refractivity contribution is -0.137. The highest BCUT2D eigenvalue weighted by Gasteiger charge is 2.34. The van der Waals surface area contributed by atoms with Gasteiger partial charge in [0.05, 0.1) is 11.0 Å². The van der Waals surface area contributed by atoms with Gasteiger partial charge in [-0.2, -0.15) is 4.31 Å². The minimum atomic E-state index is -3.68. The van der Waals surface area contributed by atoms with E-state index in [1.54, 1.807) is 28.8 Å². The zero-order chi connectivity index (χ0) is 25.4. The predicted molar refractivity (Wildman–Crippen MR) is 131 cm³/mol. The van der Waals surface area contributed by atoms with Crippen molar-refractivity contribution in [2.24, 2.45) is 0 Å². The van der Waals surface area contributed by atoms with Gasteiger partial charge in [-0.15, -0.1) is 10.2 Å². The third-order valence-electron chi connectivity index (χ3n) is 6.25. The molecule has 0 radical (unpaired) electrons. The lowest BCUT2D eigenvalue weighted by Gasteiger charge is -2.17. The molecule has 0 saturated carbocycles. The van der Waals surface area contributed by atoms with Crippen LogP contribution in [0.4, 0.5) is 0 Å². The number of hydrogen-bond donors (Lipinski definition) is 1. The Hall–Kier alpha value is -3.70. The van der Waals surface area contributed by atoms with Gasteiger partial charge in [-0.3, -0.25) is 4.79 Å². The second-order valence-electron chi connectivity index (χ2n) is 9.07. The summed E-state index contributed by atoms with van der Waals surface area (Å²) < 4.78 is 40.7. The van der Waals surface area contributed by atoms with Gasteiger partial charge < -0.3 is 18.8 Å². The number of aliphatic carboxylic acids is 1. The van der Waals surface area contributed by atoms with E-state index >= 15 is 0 Å². The number of carboxylic acids is 1. The van der Waals surface area contributed by atoms with Crippen LogP contribution in [0.1, 0.15) is 31.7 Å². The highest BCUT2D eigenvalue weighted by molar-refractivity contribution is 7.89. The van der Waals surface area contributed by atoms with Crippen LogP contribution >= 0.6 is 0 Å². The van der Waals surface area contributed by atoms with Crippen molar-refractivity contribution < 1.29 is 27.5 Å². The average molecular weight is 511 g/mol. The maximum Gasteiger partial charge on any atom is 0.323 e. The van der Waals surface area contributed by atoms with E-state index < -0.39 is 16.0 Å². The van der Waals surface area contributed by atoms with E-state index in [0.29, 0.717) is 42.2 Å². The van der Waals surface area contributed by atoms with Gasteiger partial charge in [0.15, 0.2) is 0 Å². The summed E-state index contributed by atoms with van der Waals surface area (Å²) in [5.41, 5.74) is 2.31. The first-order chi connectivity index (χ1) is 17.2. The summed E-state index contributed by atoms with van der Waals surface area (Å²) in [5, 5.41) is 17.9. The molecule has 1 N–H and O–H groups in total. The number of nitrogens with zero attached hydrogens (tertiary/aromatic N) is 4. The molecule has 1 atom stereocenters. The Kier molecular flexibility index (Phi) is 6.27. The van der Waals surface area contributed by atoms with Crippen LogP contribution in [0.15, 0.2) is 64.4 Å². The SMILES string of the molecule is CC(C)Oc1ccc(S(=O)(=O)N2CCC(c3cn(CC(=O)O)c4cc(-c5nnco5)ccc34)C2)cc1. The first-order valence-electron chi connectivity index (χ1n) is 11.6. The highest BCUT2D eigenvalue weighted by Crippen LogP contribution is 2.37. The van der Waals surface area contributed by atoms with Crippen molar-refractivity contribution in [2.45, 2.75) is 43.7 Å². The van der Waals surface area contributed by atoms with E-state index in [1.807, 2.05) is 38.2 Å². The number of hydrogen-bond acceptors (Lipinski definition) is 7. The molecule has 3 heterocycles. The monoisotopic (exact) mass is 510 g/mol. The van der Waals surface area contributed by atoms with E-state index in [4.69, 9.17) is 9.15 Å². The zero-order valence-corrected chi connectivity index (χ0v) is 20.7. The maximum absolute atomic E-state index is 13.3. The van der Waals surface area contributed by atoms with Gasteiger partial charge in [0, 0.05) is 41.7 Å². The van der Waals surface area contributed by atoms with Crippen molar-refractivity contribution in [1.82, 2.24) is 19.1 Å². The van der Waals surface area contributed by atoms with Crippen LogP contribution in [0, 0.1) is 0 Å². The topological polar surface area (TPSA) is 128 Å². The number of carbonyl (C=O) groups is 1. The van der Waals surface area contributed by atoms with Crippen molar-refractivity contribution in [1.29, 1.82) is 0 Å².